The lowest BCUT2D eigenvalue weighted by molar-refractivity contribution is -0.329. The molecule has 10 nitrogen and oxygen atoms in total. The van der Waals surface area contributed by atoms with Gasteiger partial charge in [0.1, 0.15) is 24.4 Å². The van der Waals surface area contributed by atoms with Crippen molar-refractivity contribution in [2.24, 2.45) is 50.7 Å². The largest absolute Gasteiger partial charge is 0.394 e. The molecule has 0 unspecified atom stereocenters. The van der Waals surface area contributed by atoms with E-state index in [4.69, 9.17) is 9.47 Å². The summed E-state index contributed by atoms with van der Waals surface area (Å²) in [4.78, 5) is 0. The molecule has 8 N–H and O–H groups in total. The Balaban J connectivity index is 1.22. The van der Waals surface area contributed by atoms with E-state index in [0.717, 1.165) is 32.1 Å². The van der Waals surface area contributed by atoms with Crippen LogP contribution in [0.15, 0.2) is 0 Å². The fourth-order valence-electron chi connectivity index (χ4n) is 13.0. The third-order valence-electron chi connectivity index (χ3n) is 15.5. The van der Waals surface area contributed by atoms with E-state index in [1.54, 1.807) is 13.8 Å². The molecular weight excluding hydrogens is 592 g/mol. The van der Waals surface area contributed by atoms with Gasteiger partial charge in [-0.05, 0) is 122 Å². The summed E-state index contributed by atoms with van der Waals surface area (Å²) in [6.45, 7) is 14.0. The van der Waals surface area contributed by atoms with Crippen molar-refractivity contribution in [2.75, 3.05) is 6.61 Å². The van der Waals surface area contributed by atoms with Gasteiger partial charge in [0.05, 0.1) is 36.6 Å². The maximum absolute atomic E-state index is 12.1. The van der Waals surface area contributed by atoms with Gasteiger partial charge in [0.25, 0.3) is 0 Å². The van der Waals surface area contributed by atoms with E-state index in [2.05, 4.69) is 34.6 Å². The van der Waals surface area contributed by atoms with E-state index in [0.29, 0.717) is 25.7 Å². The first-order chi connectivity index (χ1) is 21.2. The maximum atomic E-state index is 12.1. The van der Waals surface area contributed by atoms with Gasteiger partial charge in [-0.25, -0.2) is 0 Å². The molecule has 5 aliphatic carbocycles. The molecule has 2 spiro atoms. The monoisotopic (exact) mass is 654 g/mol. The van der Waals surface area contributed by atoms with E-state index in [9.17, 15) is 40.9 Å². The number of fused-ring (bicyclic) bond motifs is 2. The number of aliphatic hydroxyl groups is 8. The number of hydrogen-bond donors (Lipinski definition) is 8. The highest BCUT2D eigenvalue weighted by Crippen LogP contribution is 2.89. The molecular formula is C36H62O10. The number of ether oxygens (including phenoxy) is 2. The van der Waals surface area contributed by atoms with Crippen molar-refractivity contribution in [1.82, 2.24) is 0 Å². The van der Waals surface area contributed by atoms with Gasteiger partial charge < -0.3 is 50.3 Å². The van der Waals surface area contributed by atoms with Gasteiger partial charge >= 0.3 is 0 Å². The summed E-state index contributed by atoms with van der Waals surface area (Å²) in [5.74, 6) is 0.499. The standard InChI is InChI=1S/C36H62O10/c1-18(8-9-23(40)32(4,5)44)25-20(39)15-34(7)22-14-19(38)29-31(2,3)24(46-30-28(43)27(42)26(41)21(16-37)45-30)10-11-36(29)17-35(22,36)13-12-33(25,34)6/h18-30,37-44H,8-17H2,1-7H3/t18-,19+,20+,21-,22+,23-,24+,25+,26-,27+,28-,29+,30+,33-,34+,35+,36-/m1/s1. The third-order valence-corrected chi connectivity index (χ3v) is 15.5. The van der Waals surface area contributed by atoms with Crippen molar-refractivity contribution in [1.29, 1.82) is 0 Å². The normalized spacial score (nSPS) is 54.2. The summed E-state index contributed by atoms with van der Waals surface area (Å²) in [5, 5.41) is 85.7. The second-order valence-corrected chi connectivity index (χ2v) is 18.4. The fraction of sp³-hybridized carbons (Fsp3) is 1.00. The van der Waals surface area contributed by atoms with Crippen molar-refractivity contribution in [3.63, 3.8) is 0 Å². The fourth-order valence-corrected chi connectivity index (χ4v) is 13.0. The third kappa shape index (κ3) is 4.78. The first-order valence-electron chi connectivity index (χ1n) is 17.9. The van der Waals surface area contributed by atoms with Gasteiger partial charge in [-0.2, -0.15) is 0 Å². The zero-order chi connectivity index (χ0) is 34.0. The van der Waals surface area contributed by atoms with Crippen LogP contribution < -0.4 is 0 Å². The second-order valence-electron chi connectivity index (χ2n) is 18.4. The Hall–Kier alpha value is -0.400. The molecule has 0 amide bonds. The Morgan fingerprint density at radius 1 is 0.870 bits per heavy atom. The molecule has 46 heavy (non-hydrogen) atoms. The Morgan fingerprint density at radius 3 is 2.17 bits per heavy atom. The summed E-state index contributed by atoms with van der Waals surface area (Å²) in [5.41, 5.74) is -1.85. The van der Waals surface area contributed by atoms with Crippen LogP contribution in [0.2, 0.25) is 0 Å². The van der Waals surface area contributed by atoms with Crippen LogP contribution in [0.25, 0.3) is 0 Å². The average molecular weight is 655 g/mol. The highest BCUT2D eigenvalue weighted by atomic mass is 16.7. The van der Waals surface area contributed by atoms with Crippen molar-refractivity contribution < 1.29 is 50.3 Å². The first kappa shape index (κ1) is 35.4. The first-order valence-corrected chi connectivity index (χ1v) is 17.9. The molecule has 0 aromatic rings. The quantitative estimate of drug-likeness (QED) is 0.181. The van der Waals surface area contributed by atoms with E-state index in [1.165, 1.54) is 0 Å². The zero-order valence-corrected chi connectivity index (χ0v) is 29.0. The smallest absolute Gasteiger partial charge is 0.186 e. The van der Waals surface area contributed by atoms with Gasteiger partial charge in [-0.15, -0.1) is 0 Å². The summed E-state index contributed by atoms with van der Waals surface area (Å²) in [6.07, 6.45) is -1.55. The highest BCUT2D eigenvalue weighted by molar-refractivity contribution is 5.32. The predicted octanol–water partition coefficient (Wildman–Crippen LogP) is 2.10. The van der Waals surface area contributed by atoms with Crippen molar-refractivity contribution in [3.8, 4) is 0 Å². The van der Waals surface area contributed by atoms with Crippen LogP contribution in [0.3, 0.4) is 0 Å². The highest BCUT2D eigenvalue weighted by Gasteiger charge is 2.84. The van der Waals surface area contributed by atoms with Gasteiger partial charge in [-0.1, -0.05) is 34.6 Å². The molecule has 10 heteroatoms. The van der Waals surface area contributed by atoms with Gasteiger partial charge in [0.15, 0.2) is 6.29 Å². The van der Waals surface area contributed by atoms with Crippen LogP contribution in [-0.4, -0.2) is 108 Å². The summed E-state index contributed by atoms with van der Waals surface area (Å²) >= 11 is 0. The maximum Gasteiger partial charge on any atom is 0.186 e. The van der Waals surface area contributed by atoms with Crippen LogP contribution in [0, 0.1) is 50.7 Å². The van der Waals surface area contributed by atoms with Gasteiger partial charge in [-0.3, -0.25) is 0 Å². The summed E-state index contributed by atoms with van der Waals surface area (Å²) in [6, 6.07) is 0. The molecule has 17 atom stereocenters. The summed E-state index contributed by atoms with van der Waals surface area (Å²) < 4.78 is 12.1. The lowest BCUT2D eigenvalue weighted by Crippen LogP contribution is -2.63. The Labute approximate surface area is 274 Å². The minimum atomic E-state index is -1.50. The van der Waals surface area contributed by atoms with E-state index >= 15 is 0 Å². The second kappa shape index (κ2) is 11.3. The molecule has 1 heterocycles. The average Bonchev–Trinajstić information content (AvgIpc) is 3.55. The molecule has 0 aromatic carbocycles. The number of rotatable bonds is 8. The molecule has 5 saturated carbocycles. The minimum Gasteiger partial charge on any atom is -0.394 e. The Kier molecular flexibility index (Phi) is 8.71. The van der Waals surface area contributed by atoms with Crippen LogP contribution >= 0.6 is 0 Å². The molecule has 0 bridgehead atoms. The Bertz CT molecular complexity index is 1140. The van der Waals surface area contributed by atoms with Gasteiger partial charge in [0.2, 0.25) is 0 Å². The molecule has 6 rings (SSSR count). The van der Waals surface area contributed by atoms with Crippen LogP contribution in [0.1, 0.15) is 106 Å². The Morgan fingerprint density at radius 2 is 1.54 bits per heavy atom. The molecule has 0 aromatic heterocycles. The molecule has 1 saturated heterocycles. The number of aliphatic hydroxyl groups excluding tert-OH is 7. The SMILES string of the molecule is C[C@H](CC[C@@H](O)C(C)(C)O)[C@H]1[C@@H](O)C[C@@]2(C)[C@@H]3C[C@H](O)[C@H]4C(C)(C)[C@@H](O[C@@H]5O[C@H](CO)[C@@H](O)[C@H](O)[C@H]5O)CC[C@@]45C[C@@]35CC[C@]12C. The topological polar surface area (TPSA) is 180 Å². The van der Waals surface area contributed by atoms with Crippen LogP contribution in [0.5, 0.6) is 0 Å². The summed E-state index contributed by atoms with van der Waals surface area (Å²) in [7, 11) is 0. The van der Waals surface area contributed by atoms with Crippen LogP contribution in [0.4, 0.5) is 0 Å². The van der Waals surface area contributed by atoms with E-state index < -0.39 is 66.6 Å². The zero-order valence-electron chi connectivity index (χ0n) is 29.0. The molecule has 1 aliphatic heterocycles. The van der Waals surface area contributed by atoms with Crippen LogP contribution in [-0.2, 0) is 9.47 Å². The molecule has 0 radical (unpaired) electrons. The number of hydrogen-bond acceptors (Lipinski definition) is 10. The van der Waals surface area contributed by atoms with Gasteiger partial charge in [0, 0.05) is 0 Å². The molecule has 6 fully saturated rings. The van der Waals surface area contributed by atoms with E-state index in [-0.39, 0.29) is 51.4 Å². The molecule has 266 valence electrons. The van der Waals surface area contributed by atoms with E-state index in [1.807, 2.05) is 0 Å². The minimum absolute atomic E-state index is 0.0304. The van der Waals surface area contributed by atoms with Crippen molar-refractivity contribution in [2.45, 2.75) is 167 Å². The predicted molar refractivity (Wildman–Crippen MR) is 169 cm³/mol. The molecule has 6 aliphatic rings. The lowest BCUT2D eigenvalue weighted by atomic mass is 9.41. The van der Waals surface area contributed by atoms with Crippen molar-refractivity contribution >= 4 is 0 Å². The van der Waals surface area contributed by atoms with Crippen molar-refractivity contribution in [3.05, 3.63) is 0 Å². The lowest BCUT2D eigenvalue weighted by Gasteiger charge is -2.64.